The summed E-state index contributed by atoms with van der Waals surface area (Å²) in [5.41, 5.74) is 0. The van der Waals surface area contributed by atoms with Crippen molar-refractivity contribution in [2.24, 2.45) is 0 Å². The van der Waals surface area contributed by atoms with Crippen molar-refractivity contribution >= 4 is 0 Å². The van der Waals surface area contributed by atoms with Gasteiger partial charge in [0.05, 0.1) is 6.10 Å². The molecule has 1 aliphatic rings. The Balaban J connectivity index is 2.38. The average molecular weight is 146 g/mol. The van der Waals surface area contributed by atoms with Crippen LogP contribution in [0.2, 0.25) is 0 Å². The van der Waals surface area contributed by atoms with Gasteiger partial charge < -0.3 is 14.6 Å². The van der Waals surface area contributed by atoms with Crippen molar-refractivity contribution in [1.82, 2.24) is 0 Å². The fourth-order valence-corrected chi connectivity index (χ4v) is 1.14. The molecule has 0 aromatic heterocycles. The summed E-state index contributed by atoms with van der Waals surface area (Å²) in [6, 6.07) is 0. The van der Waals surface area contributed by atoms with E-state index in [1.54, 1.807) is 7.11 Å². The molecule has 0 unspecified atom stereocenters. The van der Waals surface area contributed by atoms with Crippen molar-refractivity contribution in [2.75, 3.05) is 7.11 Å². The van der Waals surface area contributed by atoms with Crippen LogP contribution in [0.25, 0.3) is 0 Å². The number of aliphatic hydroxyl groups excluding tert-OH is 1. The van der Waals surface area contributed by atoms with E-state index in [1.165, 1.54) is 0 Å². The van der Waals surface area contributed by atoms with E-state index in [-0.39, 0.29) is 6.10 Å². The van der Waals surface area contributed by atoms with Gasteiger partial charge in [0.25, 0.3) is 0 Å². The second-order valence-electron chi connectivity index (χ2n) is 2.70. The van der Waals surface area contributed by atoms with Gasteiger partial charge in [-0.1, -0.05) is 0 Å². The molecule has 0 spiro atoms. The lowest BCUT2D eigenvalue weighted by atomic mass is 10.1. The van der Waals surface area contributed by atoms with Gasteiger partial charge in [-0.25, -0.2) is 0 Å². The largest absolute Gasteiger partial charge is 0.388 e. The van der Waals surface area contributed by atoms with Crippen LogP contribution < -0.4 is 0 Å². The van der Waals surface area contributed by atoms with Crippen molar-refractivity contribution in [1.29, 1.82) is 0 Å². The van der Waals surface area contributed by atoms with E-state index in [9.17, 15) is 5.11 Å². The Kier molecular flexibility index (Phi) is 2.65. The van der Waals surface area contributed by atoms with Crippen LogP contribution in [-0.2, 0) is 9.47 Å². The average Bonchev–Trinajstić information content (AvgIpc) is 1.94. The normalized spacial score (nSPS) is 41.7. The summed E-state index contributed by atoms with van der Waals surface area (Å²) in [6.45, 7) is 1.98. The first-order valence-electron chi connectivity index (χ1n) is 3.60. The van der Waals surface area contributed by atoms with Crippen LogP contribution in [0.15, 0.2) is 0 Å². The van der Waals surface area contributed by atoms with Crippen molar-refractivity contribution in [2.45, 2.75) is 38.3 Å². The van der Waals surface area contributed by atoms with Crippen molar-refractivity contribution in [3.8, 4) is 0 Å². The Morgan fingerprint density at radius 3 is 2.70 bits per heavy atom. The van der Waals surface area contributed by atoms with Gasteiger partial charge in [-0.05, 0) is 19.8 Å². The molecule has 0 saturated carbocycles. The van der Waals surface area contributed by atoms with Crippen LogP contribution >= 0.6 is 0 Å². The van der Waals surface area contributed by atoms with Gasteiger partial charge in [0, 0.05) is 7.11 Å². The number of methoxy groups -OCH3 is 1. The van der Waals surface area contributed by atoms with E-state index in [1.807, 2.05) is 6.92 Å². The first-order chi connectivity index (χ1) is 4.74. The fourth-order valence-electron chi connectivity index (χ4n) is 1.14. The maximum absolute atomic E-state index is 9.24. The third-order valence-corrected chi connectivity index (χ3v) is 1.78. The third-order valence-electron chi connectivity index (χ3n) is 1.78. The highest BCUT2D eigenvalue weighted by molar-refractivity contribution is 4.69. The predicted octanol–water partition coefficient (Wildman–Crippen LogP) is 0.519. The molecule has 0 aromatic rings. The molecule has 1 fully saturated rings. The summed E-state index contributed by atoms with van der Waals surface area (Å²) in [5.74, 6) is 0. The van der Waals surface area contributed by atoms with E-state index in [2.05, 4.69) is 0 Å². The Morgan fingerprint density at radius 2 is 2.20 bits per heavy atom. The fraction of sp³-hybridized carbons (Fsp3) is 1.00. The molecule has 3 nitrogen and oxygen atoms in total. The van der Waals surface area contributed by atoms with Crippen LogP contribution in [0.5, 0.6) is 0 Å². The SMILES string of the molecule is CO[C@H]1O[C@H](C)CC[C@H]1O. The molecule has 1 N–H and O–H groups in total. The maximum atomic E-state index is 9.24. The standard InChI is InChI=1S/C7H14O3/c1-5-3-4-6(8)7(9-2)10-5/h5-8H,3-4H2,1-2H3/t5-,6-,7+/m1/s1. The highest BCUT2D eigenvalue weighted by atomic mass is 16.7. The van der Waals surface area contributed by atoms with Crippen LogP contribution in [0, 0.1) is 0 Å². The summed E-state index contributed by atoms with van der Waals surface area (Å²) < 4.78 is 10.2. The minimum atomic E-state index is -0.443. The van der Waals surface area contributed by atoms with E-state index in [0.717, 1.165) is 12.8 Å². The van der Waals surface area contributed by atoms with Crippen LogP contribution in [0.4, 0.5) is 0 Å². The lowest BCUT2D eigenvalue weighted by molar-refractivity contribution is -0.224. The highest BCUT2D eigenvalue weighted by Gasteiger charge is 2.26. The molecule has 1 saturated heterocycles. The van der Waals surface area contributed by atoms with E-state index in [4.69, 9.17) is 9.47 Å². The molecular weight excluding hydrogens is 132 g/mol. The minimum Gasteiger partial charge on any atom is -0.388 e. The minimum absolute atomic E-state index is 0.216. The zero-order valence-corrected chi connectivity index (χ0v) is 6.41. The van der Waals surface area contributed by atoms with Gasteiger partial charge in [-0.15, -0.1) is 0 Å². The molecule has 0 bridgehead atoms. The van der Waals surface area contributed by atoms with Crippen LogP contribution in [0.1, 0.15) is 19.8 Å². The second-order valence-corrected chi connectivity index (χ2v) is 2.70. The van der Waals surface area contributed by atoms with Gasteiger partial charge in [-0.3, -0.25) is 0 Å². The lowest BCUT2D eigenvalue weighted by Crippen LogP contribution is -2.38. The molecule has 1 aliphatic heterocycles. The van der Waals surface area contributed by atoms with Crippen molar-refractivity contribution < 1.29 is 14.6 Å². The summed E-state index contributed by atoms with van der Waals surface area (Å²) in [7, 11) is 1.55. The highest BCUT2D eigenvalue weighted by Crippen LogP contribution is 2.19. The smallest absolute Gasteiger partial charge is 0.183 e. The van der Waals surface area contributed by atoms with Crippen LogP contribution in [-0.4, -0.2) is 30.7 Å². The van der Waals surface area contributed by atoms with Gasteiger partial charge in [-0.2, -0.15) is 0 Å². The quantitative estimate of drug-likeness (QED) is 0.586. The summed E-state index contributed by atoms with van der Waals surface area (Å²) in [5, 5.41) is 9.24. The number of hydrogen-bond donors (Lipinski definition) is 1. The zero-order chi connectivity index (χ0) is 7.56. The second kappa shape index (κ2) is 3.32. The topological polar surface area (TPSA) is 38.7 Å². The summed E-state index contributed by atoms with van der Waals surface area (Å²) in [4.78, 5) is 0. The molecule has 3 atom stereocenters. The molecule has 10 heavy (non-hydrogen) atoms. The molecule has 0 aromatic carbocycles. The molecular formula is C7H14O3. The van der Waals surface area contributed by atoms with Gasteiger partial charge >= 0.3 is 0 Å². The van der Waals surface area contributed by atoms with E-state index < -0.39 is 12.4 Å². The van der Waals surface area contributed by atoms with Gasteiger partial charge in [0.15, 0.2) is 6.29 Å². The third kappa shape index (κ3) is 1.68. The van der Waals surface area contributed by atoms with E-state index >= 15 is 0 Å². The number of aliphatic hydroxyl groups is 1. The van der Waals surface area contributed by atoms with Crippen molar-refractivity contribution in [3.63, 3.8) is 0 Å². The Labute approximate surface area is 60.9 Å². The molecule has 60 valence electrons. The zero-order valence-electron chi connectivity index (χ0n) is 6.41. The van der Waals surface area contributed by atoms with Crippen molar-refractivity contribution in [3.05, 3.63) is 0 Å². The molecule has 1 rings (SSSR count). The monoisotopic (exact) mass is 146 g/mol. The Bertz CT molecular complexity index is 105. The summed E-state index contributed by atoms with van der Waals surface area (Å²) in [6.07, 6.45) is 1.05. The molecule has 0 radical (unpaired) electrons. The Hall–Kier alpha value is -0.120. The summed E-state index contributed by atoms with van der Waals surface area (Å²) >= 11 is 0. The Morgan fingerprint density at radius 1 is 1.50 bits per heavy atom. The number of ether oxygens (including phenoxy) is 2. The first-order valence-corrected chi connectivity index (χ1v) is 3.60. The number of rotatable bonds is 1. The number of hydrogen-bond acceptors (Lipinski definition) is 3. The molecule has 1 heterocycles. The van der Waals surface area contributed by atoms with Gasteiger partial charge in [0.2, 0.25) is 0 Å². The molecule has 0 amide bonds. The van der Waals surface area contributed by atoms with Crippen LogP contribution in [0.3, 0.4) is 0 Å². The van der Waals surface area contributed by atoms with Gasteiger partial charge in [0.1, 0.15) is 6.10 Å². The molecule has 0 aliphatic carbocycles. The van der Waals surface area contributed by atoms with E-state index in [0.29, 0.717) is 0 Å². The predicted molar refractivity (Wildman–Crippen MR) is 36.6 cm³/mol. The maximum Gasteiger partial charge on any atom is 0.183 e. The lowest BCUT2D eigenvalue weighted by Gasteiger charge is -2.30. The molecule has 3 heteroatoms. The first kappa shape index (κ1) is 7.98.